The van der Waals surface area contributed by atoms with Crippen LogP contribution in [0.3, 0.4) is 0 Å². The Hall–Kier alpha value is -1.29. The van der Waals surface area contributed by atoms with Gasteiger partial charge in [-0.2, -0.15) is 0 Å². The predicted octanol–water partition coefficient (Wildman–Crippen LogP) is 2.75. The SMILES string of the molecule is CC(Nc1cccc(NN)n1)C1CCCCC1. The second-order valence-corrected chi connectivity index (χ2v) is 4.88. The van der Waals surface area contributed by atoms with E-state index >= 15 is 0 Å². The average Bonchev–Trinajstić information content (AvgIpc) is 2.40. The number of hydrogen-bond acceptors (Lipinski definition) is 4. The molecule has 1 aromatic rings. The second kappa shape index (κ2) is 5.87. The van der Waals surface area contributed by atoms with E-state index in [1.165, 1.54) is 32.1 Å². The first kappa shape index (κ1) is 12.2. The highest BCUT2D eigenvalue weighted by molar-refractivity contribution is 5.44. The van der Waals surface area contributed by atoms with Gasteiger partial charge in [0.25, 0.3) is 0 Å². The maximum atomic E-state index is 5.35. The molecule has 0 radical (unpaired) electrons. The fraction of sp³-hybridized carbons (Fsp3) is 0.615. The third-order valence-corrected chi connectivity index (χ3v) is 3.63. The summed E-state index contributed by atoms with van der Waals surface area (Å²) in [6, 6.07) is 6.28. The van der Waals surface area contributed by atoms with Crippen molar-refractivity contribution in [1.82, 2.24) is 4.98 Å². The quantitative estimate of drug-likeness (QED) is 0.553. The second-order valence-electron chi connectivity index (χ2n) is 4.88. The van der Waals surface area contributed by atoms with Crippen LogP contribution < -0.4 is 16.6 Å². The number of anilines is 2. The van der Waals surface area contributed by atoms with Crippen LogP contribution in [0.15, 0.2) is 18.2 Å². The number of hydrazine groups is 1. The number of rotatable bonds is 4. The van der Waals surface area contributed by atoms with E-state index in [0.717, 1.165) is 11.7 Å². The van der Waals surface area contributed by atoms with Crippen molar-refractivity contribution in [2.75, 3.05) is 10.7 Å². The van der Waals surface area contributed by atoms with Gasteiger partial charge in [0.2, 0.25) is 0 Å². The molecule has 0 bridgehead atoms. The number of nitrogens with one attached hydrogen (secondary N) is 2. The van der Waals surface area contributed by atoms with Gasteiger partial charge in [-0.15, -0.1) is 0 Å². The minimum Gasteiger partial charge on any atom is -0.367 e. The van der Waals surface area contributed by atoms with E-state index in [-0.39, 0.29) is 0 Å². The highest BCUT2D eigenvalue weighted by Gasteiger charge is 2.19. The van der Waals surface area contributed by atoms with Crippen LogP contribution in [-0.2, 0) is 0 Å². The van der Waals surface area contributed by atoms with Crippen LogP contribution in [0, 0.1) is 5.92 Å². The summed E-state index contributed by atoms with van der Waals surface area (Å²) in [5.74, 6) is 7.73. The monoisotopic (exact) mass is 234 g/mol. The maximum absolute atomic E-state index is 5.35. The number of nitrogens with two attached hydrogens (primary N) is 1. The summed E-state index contributed by atoms with van der Waals surface area (Å²) in [6.45, 7) is 2.25. The van der Waals surface area contributed by atoms with Gasteiger partial charge in [-0.05, 0) is 37.8 Å². The normalized spacial score (nSPS) is 18.7. The van der Waals surface area contributed by atoms with Crippen LogP contribution in [0.5, 0.6) is 0 Å². The number of hydrogen-bond donors (Lipinski definition) is 3. The molecule has 4 nitrogen and oxygen atoms in total. The summed E-state index contributed by atoms with van der Waals surface area (Å²) in [5, 5.41) is 3.48. The Kier molecular flexibility index (Phi) is 4.20. The summed E-state index contributed by atoms with van der Waals surface area (Å²) in [5.41, 5.74) is 2.57. The lowest BCUT2D eigenvalue weighted by molar-refractivity contribution is 0.328. The van der Waals surface area contributed by atoms with E-state index in [4.69, 9.17) is 5.84 Å². The Bertz CT molecular complexity index is 347. The topological polar surface area (TPSA) is 63.0 Å². The molecule has 1 atom stereocenters. The van der Waals surface area contributed by atoms with Crippen molar-refractivity contribution in [2.24, 2.45) is 11.8 Å². The van der Waals surface area contributed by atoms with E-state index in [2.05, 4.69) is 22.7 Å². The number of pyridine rings is 1. The molecule has 4 N–H and O–H groups in total. The van der Waals surface area contributed by atoms with E-state index in [9.17, 15) is 0 Å². The molecule has 94 valence electrons. The van der Waals surface area contributed by atoms with Gasteiger partial charge in [0.05, 0.1) is 0 Å². The molecule has 1 aliphatic carbocycles. The molecule has 2 rings (SSSR count). The average molecular weight is 234 g/mol. The largest absolute Gasteiger partial charge is 0.367 e. The Morgan fingerprint density at radius 2 is 1.94 bits per heavy atom. The lowest BCUT2D eigenvalue weighted by Gasteiger charge is -2.28. The van der Waals surface area contributed by atoms with Crippen molar-refractivity contribution in [1.29, 1.82) is 0 Å². The third kappa shape index (κ3) is 3.33. The molecule has 17 heavy (non-hydrogen) atoms. The van der Waals surface area contributed by atoms with Crippen molar-refractivity contribution in [3.8, 4) is 0 Å². The minimum atomic E-state index is 0.482. The van der Waals surface area contributed by atoms with Gasteiger partial charge >= 0.3 is 0 Å². The molecule has 1 saturated carbocycles. The zero-order valence-electron chi connectivity index (χ0n) is 10.4. The van der Waals surface area contributed by atoms with Crippen molar-refractivity contribution in [3.05, 3.63) is 18.2 Å². The highest BCUT2D eigenvalue weighted by Crippen LogP contribution is 2.27. The molecule has 1 unspecified atom stereocenters. The summed E-state index contributed by atoms with van der Waals surface area (Å²) in [4.78, 5) is 4.38. The molecule has 1 aromatic heterocycles. The van der Waals surface area contributed by atoms with Crippen LogP contribution in [0.2, 0.25) is 0 Å². The van der Waals surface area contributed by atoms with Gasteiger partial charge < -0.3 is 10.7 Å². The van der Waals surface area contributed by atoms with Crippen LogP contribution in [0.1, 0.15) is 39.0 Å². The first-order valence-electron chi connectivity index (χ1n) is 6.50. The Labute approximate surface area is 103 Å². The Morgan fingerprint density at radius 1 is 1.24 bits per heavy atom. The predicted molar refractivity (Wildman–Crippen MR) is 71.7 cm³/mol. The first-order valence-corrected chi connectivity index (χ1v) is 6.50. The third-order valence-electron chi connectivity index (χ3n) is 3.63. The van der Waals surface area contributed by atoms with E-state index in [1.54, 1.807) is 0 Å². The van der Waals surface area contributed by atoms with Gasteiger partial charge in [-0.25, -0.2) is 10.8 Å². The van der Waals surface area contributed by atoms with Crippen LogP contribution >= 0.6 is 0 Å². The molecule has 0 aromatic carbocycles. The summed E-state index contributed by atoms with van der Waals surface area (Å²) in [7, 11) is 0. The minimum absolute atomic E-state index is 0.482. The summed E-state index contributed by atoms with van der Waals surface area (Å²) in [6.07, 6.45) is 6.81. The molecule has 1 aliphatic rings. The van der Waals surface area contributed by atoms with E-state index < -0.39 is 0 Å². The Balaban J connectivity index is 1.94. The van der Waals surface area contributed by atoms with Crippen molar-refractivity contribution >= 4 is 11.6 Å². The van der Waals surface area contributed by atoms with Gasteiger partial charge in [0.1, 0.15) is 11.6 Å². The Morgan fingerprint density at radius 3 is 2.65 bits per heavy atom. The van der Waals surface area contributed by atoms with Gasteiger partial charge in [0.15, 0.2) is 0 Å². The maximum Gasteiger partial charge on any atom is 0.142 e. The standard InChI is InChI=1S/C13H22N4/c1-10(11-6-3-2-4-7-11)15-12-8-5-9-13(16-12)17-14/h5,8-11H,2-4,6-7,14H2,1H3,(H2,15,16,17). The molecular weight excluding hydrogens is 212 g/mol. The zero-order chi connectivity index (χ0) is 12.1. The summed E-state index contributed by atoms with van der Waals surface area (Å²) < 4.78 is 0. The molecular formula is C13H22N4. The zero-order valence-corrected chi connectivity index (χ0v) is 10.4. The van der Waals surface area contributed by atoms with Crippen molar-refractivity contribution in [3.63, 3.8) is 0 Å². The fourth-order valence-electron chi connectivity index (χ4n) is 2.58. The number of aromatic nitrogens is 1. The lowest BCUT2D eigenvalue weighted by atomic mass is 9.84. The van der Waals surface area contributed by atoms with Gasteiger partial charge in [-0.3, -0.25) is 0 Å². The van der Waals surface area contributed by atoms with Crippen LogP contribution in [0.4, 0.5) is 11.6 Å². The van der Waals surface area contributed by atoms with E-state index in [1.807, 2.05) is 18.2 Å². The van der Waals surface area contributed by atoms with Gasteiger partial charge in [0, 0.05) is 6.04 Å². The smallest absolute Gasteiger partial charge is 0.142 e. The first-order chi connectivity index (χ1) is 8.29. The lowest BCUT2D eigenvalue weighted by Crippen LogP contribution is -2.28. The van der Waals surface area contributed by atoms with Crippen molar-refractivity contribution < 1.29 is 0 Å². The van der Waals surface area contributed by atoms with Crippen molar-refractivity contribution in [2.45, 2.75) is 45.1 Å². The number of nitrogen functional groups attached to an aromatic ring is 1. The molecule has 4 heteroatoms. The number of nitrogens with zero attached hydrogens (tertiary/aromatic N) is 1. The molecule has 1 heterocycles. The van der Waals surface area contributed by atoms with Crippen LogP contribution in [0.25, 0.3) is 0 Å². The van der Waals surface area contributed by atoms with Crippen LogP contribution in [-0.4, -0.2) is 11.0 Å². The molecule has 0 aliphatic heterocycles. The molecule has 0 saturated heterocycles. The van der Waals surface area contributed by atoms with Gasteiger partial charge in [-0.1, -0.05) is 25.3 Å². The molecule has 0 spiro atoms. The molecule has 0 amide bonds. The fourth-order valence-corrected chi connectivity index (χ4v) is 2.58. The highest BCUT2D eigenvalue weighted by atomic mass is 15.3. The van der Waals surface area contributed by atoms with E-state index in [0.29, 0.717) is 11.9 Å². The summed E-state index contributed by atoms with van der Waals surface area (Å²) >= 11 is 0. The molecule has 1 fully saturated rings.